The molecule has 0 aliphatic carbocycles. The maximum atomic E-state index is 14.0. The maximum Gasteiger partial charge on any atom is 0.408 e. The number of fused-ring (bicyclic) bond motifs is 3. The van der Waals surface area contributed by atoms with Crippen molar-refractivity contribution in [3.05, 3.63) is 30.0 Å². The molecular weight excluding hydrogens is 584 g/mol. The van der Waals surface area contributed by atoms with E-state index < -0.39 is 59.1 Å². The first-order valence-corrected chi connectivity index (χ1v) is 15.1. The summed E-state index contributed by atoms with van der Waals surface area (Å²) >= 11 is 0. The number of carboxylic acid groups (broad SMARTS) is 1. The first-order chi connectivity index (χ1) is 21.1. The van der Waals surface area contributed by atoms with Crippen LogP contribution >= 0.6 is 0 Å². The Morgan fingerprint density at radius 2 is 1.89 bits per heavy atom. The van der Waals surface area contributed by atoms with Gasteiger partial charge in [-0.2, -0.15) is 0 Å². The monoisotopic (exact) mass is 628 g/mol. The lowest BCUT2D eigenvalue weighted by Crippen LogP contribution is -2.60. The van der Waals surface area contributed by atoms with Crippen LogP contribution in [0.2, 0.25) is 0 Å². The van der Waals surface area contributed by atoms with Gasteiger partial charge in [0.25, 0.3) is 0 Å². The Hall–Kier alpha value is -4.13. The number of benzene rings is 1. The third kappa shape index (κ3) is 8.33. The Kier molecular flexibility index (Phi) is 10.1. The van der Waals surface area contributed by atoms with E-state index in [2.05, 4.69) is 15.6 Å². The Morgan fingerprint density at radius 3 is 2.53 bits per heavy atom. The van der Waals surface area contributed by atoms with E-state index in [4.69, 9.17) is 18.9 Å². The van der Waals surface area contributed by atoms with Gasteiger partial charge in [-0.25, -0.2) is 14.6 Å². The van der Waals surface area contributed by atoms with Crippen molar-refractivity contribution < 1.29 is 43.2 Å². The Morgan fingerprint density at radius 1 is 1.16 bits per heavy atom. The van der Waals surface area contributed by atoms with Gasteiger partial charge in [0.15, 0.2) is 0 Å². The summed E-state index contributed by atoms with van der Waals surface area (Å²) in [6.07, 6.45) is 1.30. The standard InChI is InChI=1S/C32H44N4O9/c1-31(2,3)25-28(38)36-16-20(15-23(36)29(39)40)44-27-21-13-19(24(42-7)14-18(21)10-11-33-27)9-8-12-43-17-22(26(37)35-25)34-30(41)45-32(4,5)6/h10-11,13-14,20,22-23,25H,8-9,12,15-17H2,1-7H3,(H,34,41)(H,35,37)(H,39,40)/t20-,22+,23+,25-/m1/s1. The molecular formula is C32H44N4O9. The summed E-state index contributed by atoms with van der Waals surface area (Å²) in [6.45, 7) is 10.4. The second-order valence-corrected chi connectivity index (χ2v) is 13.5. The van der Waals surface area contributed by atoms with Crippen molar-refractivity contribution in [1.29, 1.82) is 0 Å². The average molecular weight is 629 g/mol. The molecule has 1 aromatic carbocycles. The van der Waals surface area contributed by atoms with Gasteiger partial charge in [-0.1, -0.05) is 20.8 Å². The number of aliphatic carboxylic acids is 1. The quantitative estimate of drug-likeness (QED) is 0.460. The highest BCUT2D eigenvalue weighted by molar-refractivity contribution is 5.94. The second-order valence-electron chi connectivity index (χ2n) is 13.5. The van der Waals surface area contributed by atoms with Crippen molar-refractivity contribution in [3.63, 3.8) is 0 Å². The summed E-state index contributed by atoms with van der Waals surface area (Å²) < 4.78 is 23.1. The van der Waals surface area contributed by atoms with E-state index in [0.29, 0.717) is 24.5 Å². The number of amides is 3. The van der Waals surface area contributed by atoms with Crippen molar-refractivity contribution in [1.82, 2.24) is 20.5 Å². The lowest BCUT2D eigenvalue weighted by Gasteiger charge is -2.35. The lowest BCUT2D eigenvalue weighted by molar-refractivity contribution is -0.151. The van der Waals surface area contributed by atoms with Crippen molar-refractivity contribution in [2.75, 3.05) is 26.9 Å². The van der Waals surface area contributed by atoms with Crippen LogP contribution < -0.4 is 20.1 Å². The van der Waals surface area contributed by atoms with Crippen molar-refractivity contribution in [3.8, 4) is 11.6 Å². The van der Waals surface area contributed by atoms with Crippen LogP contribution in [0.25, 0.3) is 10.8 Å². The van der Waals surface area contributed by atoms with E-state index >= 15 is 0 Å². The van der Waals surface area contributed by atoms with Gasteiger partial charge < -0.3 is 39.6 Å². The molecule has 4 atom stereocenters. The number of carbonyl (C=O) groups excluding carboxylic acids is 3. The van der Waals surface area contributed by atoms with E-state index in [0.717, 1.165) is 16.3 Å². The number of nitrogens with zero attached hydrogens (tertiary/aromatic N) is 2. The van der Waals surface area contributed by atoms with Crippen LogP contribution in [0, 0.1) is 5.41 Å². The molecule has 2 aliphatic heterocycles. The number of methoxy groups -OCH3 is 1. The van der Waals surface area contributed by atoms with E-state index in [-0.39, 0.29) is 26.2 Å². The fourth-order valence-corrected chi connectivity index (χ4v) is 5.47. The molecule has 4 rings (SSSR count). The van der Waals surface area contributed by atoms with Gasteiger partial charge in [0.05, 0.1) is 20.3 Å². The molecule has 1 aromatic heterocycles. The van der Waals surface area contributed by atoms with Crippen LogP contribution in [-0.4, -0.2) is 95.6 Å². The fourth-order valence-electron chi connectivity index (χ4n) is 5.47. The minimum absolute atomic E-state index is 0.0258. The fraction of sp³-hybridized carbons (Fsp3) is 0.594. The topological polar surface area (TPSA) is 166 Å². The smallest absolute Gasteiger partial charge is 0.408 e. The number of aryl methyl sites for hydroxylation is 1. The zero-order chi connectivity index (χ0) is 33.1. The van der Waals surface area contributed by atoms with Crippen LogP contribution in [-0.2, 0) is 30.3 Å². The number of pyridine rings is 1. The van der Waals surface area contributed by atoms with Crippen molar-refractivity contribution >= 4 is 34.6 Å². The molecule has 3 heterocycles. The summed E-state index contributed by atoms with van der Waals surface area (Å²) in [4.78, 5) is 58.4. The number of carbonyl (C=O) groups is 4. The number of aromatic nitrogens is 1. The largest absolute Gasteiger partial charge is 0.496 e. The zero-order valence-electron chi connectivity index (χ0n) is 27.0. The Balaban J connectivity index is 1.73. The van der Waals surface area contributed by atoms with Gasteiger partial charge in [-0.05, 0) is 68.2 Å². The highest BCUT2D eigenvalue weighted by atomic mass is 16.6. The van der Waals surface area contributed by atoms with E-state index in [1.807, 2.05) is 18.2 Å². The Bertz CT molecular complexity index is 1430. The number of alkyl carbamates (subject to hydrolysis) is 1. The number of carboxylic acids is 1. The first-order valence-electron chi connectivity index (χ1n) is 15.1. The van der Waals surface area contributed by atoms with Crippen LogP contribution in [0.5, 0.6) is 11.6 Å². The normalized spacial score (nSPS) is 23.5. The van der Waals surface area contributed by atoms with Gasteiger partial charge in [-0.3, -0.25) is 9.59 Å². The molecule has 0 spiro atoms. The van der Waals surface area contributed by atoms with E-state index in [9.17, 15) is 24.3 Å². The predicted molar refractivity (Wildman–Crippen MR) is 164 cm³/mol. The molecule has 45 heavy (non-hydrogen) atoms. The first kappa shape index (κ1) is 33.8. The molecule has 0 unspecified atom stereocenters. The van der Waals surface area contributed by atoms with Crippen LogP contribution in [0.15, 0.2) is 24.4 Å². The van der Waals surface area contributed by atoms with Crippen LogP contribution in [0.3, 0.4) is 0 Å². The Labute approximate surface area is 262 Å². The summed E-state index contributed by atoms with van der Waals surface area (Å²) in [7, 11) is 1.59. The average Bonchev–Trinajstić information content (AvgIpc) is 3.36. The molecule has 246 valence electrons. The third-order valence-electron chi connectivity index (χ3n) is 7.66. The third-order valence-corrected chi connectivity index (χ3v) is 7.66. The number of hydrogen-bond acceptors (Lipinski definition) is 9. The van der Waals surface area contributed by atoms with Gasteiger partial charge in [0.1, 0.15) is 35.6 Å². The molecule has 2 aromatic rings. The minimum atomic E-state index is -1.19. The molecule has 13 nitrogen and oxygen atoms in total. The van der Waals surface area contributed by atoms with Crippen LogP contribution in [0.1, 0.15) is 59.9 Å². The maximum absolute atomic E-state index is 14.0. The van der Waals surface area contributed by atoms with Crippen molar-refractivity contribution in [2.45, 2.75) is 90.6 Å². The van der Waals surface area contributed by atoms with E-state index in [1.165, 1.54) is 4.90 Å². The molecule has 2 aliphatic rings. The summed E-state index contributed by atoms with van der Waals surface area (Å²) in [5, 5.41) is 17.0. The summed E-state index contributed by atoms with van der Waals surface area (Å²) in [6, 6.07) is 2.16. The zero-order valence-corrected chi connectivity index (χ0v) is 27.0. The molecule has 13 heteroatoms. The van der Waals surface area contributed by atoms with Crippen molar-refractivity contribution in [2.24, 2.45) is 5.41 Å². The van der Waals surface area contributed by atoms with Gasteiger partial charge in [0, 0.05) is 24.6 Å². The predicted octanol–water partition coefficient (Wildman–Crippen LogP) is 3.06. The highest BCUT2D eigenvalue weighted by Crippen LogP contribution is 2.34. The molecule has 0 saturated carbocycles. The van der Waals surface area contributed by atoms with E-state index in [1.54, 1.807) is 54.8 Å². The van der Waals surface area contributed by atoms with Crippen LogP contribution in [0.4, 0.5) is 4.79 Å². The SMILES string of the molecule is COc1cc2ccnc3c2cc1CCCOC[C@H](NC(=O)OC(C)(C)C)C(=O)N[C@@H](C(C)(C)C)C(=O)N1C[C@@H](C[C@H]1C(=O)O)O3. The second kappa shape index (κ2) is 13.5. The number of nitrogens with one attached hydrogen (secondary N) is 2. The molecule has 1 saturated heterocycles. The highest BCUT2D eigenvalue weighted by Gasteiger charge is 2.46. The molecule has 0 radical (unpaired) electrons. The molecule has 3 N–H and O–H groups in total. The number of ether oxygens (including phenoxy) is 4. The van der Waals surface area contributed by atoms with Gasteiger partial charge >= 0.3 is 12.1 Å². The minimum Gasteiger partial charge on any atom is -0.496 e. The van der Waals surface area contributed by atoms with Gasteiger partial charge in [0.2, 0.25) is 17.7 Å². The van der Waals surface area contributed by atoms with Gasteiger partial charge in [-0.15, -0.1) is 0 Å². The molecule has 1 fully saturated rings. The molecule has 4 bridgehead atoms. The lowest BCUT2D eigenvalue weighted by atomic mass is 9.85. The summed E-state index contributed by atoms with van der Waals surface area (Å²) in [5.74, 6) is -1.43. The number of rotatable bonds is 3. The number of hydrogen-bond donors (Lipinski definition) is 3. The molecule has 3 amide bonds. The summed E-state index contributed by atoms with van der Waals surface area (Å²) in [5.41, 5.74) is -0.747.